The molecule has 5 nitrogen and oxygen atoms in total. The van der Waals surface area contributed by atoms with E-state index in [1.807, 2.05) is 6.07 Å². The number of hydrogen-bond acceptors (Lipinski definition) is 5. The first-order chi connectivity index (χ1) is 13.8. The molecule has 0 amide bonds. The molecule has 1 aromatic carbocycles. The lowest BCUT2D eigenvalue weighted by atomic mass is 10.1. The van der Waals surface area contributed by atoms with E-state index in [2.05, 4.69) is 20.2 Å². The Bertz CT molecular complexity index is 814. The zero-order chi connectivity index (χ0) is 20.9. The van der Waals surface area contributed by atoms with E-state index in [0.29, 0.717) is 22.3 Å². The second-order valence-electron chi connectivity index (χ2n) is 6.78. The van der Waals surface area contributed by atoms with Crippen molar-refractivity contribution in [3.05, 3.63) is 46.2 Å². The second kappa shape index (κ2) is 9.82. The number of anilines is 1. The monoisotopic (exact) mass is 448 g/mol. The van der Waals surface area contributed by atoms with E-state index < -0.39 is 11.9 Å². The number of halogens is 5. The fourth-order valence-electron chi connectivity index (χ4n) is 3.10. The normalized spacial score (nSPS) is 16.0. The third kappa shape index (κ3) is 6.62. The van der Waals surface area contributed by atoms with Crippen LogP contribution >= 0.6 is 23.2 Å². The summed E-state index contributed by atoms with van der Waals surface area (Å²) in [5.41, 5.74) is -0.945. The van der Waals surface area contributed by atoms with Crippen molar-refractivity contribution in [3.63, 3.8) is 0 Å². The fraction of sp³-hybridized carbons (Fsp3) is 0.474. The number of benzene rings is 1. The number of piperidine rings is 1. The van der Waals surface area contributed by atoms with Gasteiger partial charge in [0.05, 0.1) is 10.0 Å². The molecule has 0 unspecified atom stereocenters. The van der Waals surface area contributed by atoms with Gasteiger partial charge in [-0.2, -0.15) is 13.2 Å². The molecule has 1 fully saturated rings. The molecule has 2 aromatic rings. The summed E-state index contributed by atoms with van der Waals surface area (Å²) in [6.45, 7) is 3.13. The number of nitrogens with zero attached hydrogens (tertiary/aromatic N) is 3. The van der Waals surface area contributed by atoms with Gasteiger partial charge in [0.25, 0.3) is 0 Å². The van der Waals surface area contributed by atoms with Crippen LogP contribution in [-0.2, 0) is 6.18 Å². The lowest BCUT2D eigenvalue weighted by Gasteiger charge is -2.32. The van der Waals surface area contributed by atoms with Crippen LogP contribution in [0.25, 0.3) is 0 Å². The molecule has 2 heterocycles. The summed E-state index contributed by atoms with van der Waals surface area (Å²) in [4.78, 5) is 9.63. The lowest BCUT2D eigenvalue weighted by molar-refractivity contribution is -0.141. The third-order valence-corrected chi connectivity index (χ3v) is 5.35. The minimum atomic E-state index is -4.47. The fourth-order valence-corrected chi connectivity index (χ4v) is 3.39. The van der Waals surface area contributed by atoms with Gasteiger partial charge in [0.2, 0.25) is 5.95 Å². The van der Waals surface area contributed by atoms with Crippen LogP contribution in [0.1, 0.15) is 25.0 Å². The summed E-state index contributed by atoms with van der Waals surface area (Å²) in [6.07, 6.45) is -0.674. The smallest absolute Gasteiger partial charge is 0.433 e. The molecular formula is C19H21Cl2F3N4O. The van der Waals surface area contributed by atoms with Crippen molar-refractivity contribution in [1.29, 1.82) is 0 Å². The molecule has 1 N–H and O–H groups in total. The Morgan fingerprint density at radius 3 is 2.59 bits per heavy atom. The van der Waals surface area contributed by atoms with Gasteiger partial charge in [-0.3, -0.25) is 0 Å². The van der Waals surface area contributed by atoms with E-state index in [1.54, 1.807) is 12.1 Å². The molecule has 10 heteroatoms. The van der Waals surface area contributed by atoms with Crippen molar-refractivity contribution >= 4 is 29.2 Å². The van der Waals surface area contributed by atoms with Gasteiger partial charge < -0.3 is 15.0 Å². The van der Waals surface area contributed by atoms with Crippen molar-refractivity contribution in [2.45, 2.75) is 31.5 Å². The summed E-state index contributed by atoms with van der Waals surface area (Å²) in [5.74, 6) is 0.705. The van der Waals surface area contributed by atoms with Gasteiger partial charge >= 0.3 is 6.18 Å². The Hall–Kier alpha value is -1.77. The molecule has 0 aliphatic carbocycles. The summed E-state index contributed by atoms with van der Waals surface area (Å²) in [6, 6.07) is 6.10. The van der Waals surface area contributed by atoms with Gasteiger partial charge in [0.1, 0.15) is 17.5 Å². The van der Waals surface area contributed by atoms with E-state index >= 15 is 0 Å². The maximum atomic E-state index is 12.7. The number of nitrogens with one attached hydrogen (secondary N) is 1. The minimum absolute atomic E-state index is 0.00596. The SMILES string of the molecule is FC(F)(F)c1ccnc(NCCCN2CCC(Oc3ccc(Cl)c(Cl)c3)CC2)n1. The quantitative estimate of drug-likeness (QED) is 0.593. The topological polar surface area (TPSA) is 50.3 Å². The molecule has 0 atom stereocenters. The first-order valence-corrected chi connectivity index (χ1v) is 10.0. The summed E-state index contributed by atoms with van der Waals surface area (Å²) in [5, 5.41) is 3.82. The number of likely N-dealkylation sites (tertiary alicyclic amines) is 1. The highest BCUT2D eigenvalue weighted by molar-refractivity contribution is 6.42. The van der Waals surface area contributed by atoms with Crippen molar-refractivity contribution in [3.8, 4) is 5.75 Å². The number of hydrogen-bond donors (Lipinski definition) is 1. The highest BCUT2D eigenvalue weighted by Gasteiger charge is 2.32. The van der Waals surface area contributed by atoms with E-state index in [-0.39, 0.29) is 12.1 Å². The number of alkyl halides is 3. The second-order valence-corrected chi connectivity index (χ2v) is 7.59. The maximum absolute atomic E-state index is 12.7. The van der Waals surface area contributed by atoms with Crippen LogP contribution in [0.15, 0.2) is 30.5 Å². The number of aromatic nitrogens is 2. The summed E-state index contributed by atoms with van der Waals surface area (Å²) >= 11 is 11.9. The van der Waals surface area contributed by atoms with E-state index in [0.717, 1.165) is 51.2 Å². The van der Waals surface area contributed by atoms with Gasteiger partial charge in [-0.15, -0.1) is 0 Å². The van der Waals surface area contributed by atoms with Crippen molar-refractivity contribution < 1.29 is 17.9 Å². The molecule has 29 heavy (non-hydrogen) atoms. The van der Waals surface area contributed by atoms with E-state index in [4.69, 9.17) is 27.9 Å². The Morgan fingerprint density at radius 1 is 1.14 bits per heavy atom. The molecule has 1 aromatic heterocycles. The molecule has 0 spiro atoms. The lowest BCUT2D eigenvalue weighted by Crippen LogP contribution is -2.39. The van der Waals surface area contributed by atoms with Gasteiger partial charge in [0.15, 0.2) is 0 Å². The van der Waals surface area contributed by atoms with Crippen molar-refractivity contribution in [2.24, 2.45) is 0 Å². The van der Waals surface area contributed by atoms with Crippen LogP contribution in [-0.4, -0.2) is 47.2 Å². The van der Waals surface area contributed by atoms with Crippen LogP contribution in [0.3, 0.4) is 0 Å². The summed E-state index contributed by atoms with van der Waals surface area (Å²) in [7, 11) is 0. The summed E-state index contributed by atoms with van der Waals surface area (Å²) < 4.78 is 43.9. The van der Waals surface area contributed by atoms with E-state index in [9.17, 15) is 13.2 Å². The van der Waals surface area contributed by atoms with Gasteiger partial charge in [-0.1, -0.05) is 23.2 Å². The molecule has 3 rings (SSSR count). The van der Waals surface area contributed by atoms with Crippen molar-refractivity contribution in [1.82, 2.24) is 14.9 Å². The Morgan fingerprint density at radius 2 is 1.90 bits per heavy atom. The molecule has 1 saturated heterocycles. The Balaban J connectivity index is 1.35. The van der Waals surface area contributed by atoms with Crippen molar-refractivity contribution in [2.75, 3.05) is 31.5 Å². The molecule has 1 aliphatic heterocycles. The predicted octanol–water partition coefficient (Wildman–Crippen LogP) is 5.15. The standard InChI is InChI=1S/C19H21Cl2F3N4O/c20-15-3-2-14(12-16(15)21)29-13-5-10-28(11-6-13)9-1-7-25-18-26-8-4-17(27-18)19(22,23)24/h2-4,8,12-13H,1,5-7,9-11H2,(H,25,26,27). The first-order valence-electron chi connectivity index (χ1n) is 9.29. The number of ether oxygens (including phenoxy) is 1. The average molecular weight is 449 g/mol. The van der Waals surface area contributed by atoms with Crippen LogP contribution in [0.5, 0.6) is 5.75 Å². The highest BCUT2D eigenvalue weighted by atomic mass is 35.5. The molecule has 158 valence electrons. The minimum Gasteiger partial charge on any atom is -0.490 e. The van der Waals surface area contributed by atoms with Gasteiger partial charge in [0, 0.05) is 31.9 Å². The highest BCUT2D eigenvalue weighted by Crippen LogP contribution is 2.29. The molecule has 0 radical (unpaired) electrons. The molecule has 0 saturated carbocycles. The molecular weight excluding hydrogens is 428 g/mol. The Kier molecular flexibility index (Phi) is 7.43. The van der Waals surface area contributed by atoms with Crippen LogP contribution in [0, 0.1) is 0 Å². The zero-order valence-corrected chi connectivity index (χ0v) is 17.1. The third-order valence-electron chi connectivity index (χ3n) is 4.61. The van der Waals surface area contributed by atoms with Gasteiger partial charge in [-0.25, -0.2) is 9.97 Å². The maximum Gasteiger partial charge on any atom is 0.433 e. The zero-order valence-electron chi connectivity index (χ0n) is 15.6. The largest absolute Gasteiger partial charge is 0.490 e. The van der Waals surface area contributed by atoms with E-state index in [1.165, 1.54) is 0 Å². The predicted molar refractivity (Wildman–Crippen MR) is 107 cm³/mol. The Labute approximate surface area is 177 Å². The molecule has 1 aliphatic rings. The van der Waals surface area contributed by atoms with Crippen LogP contribution < -0.4 is 10.1 Å². The molecule has 0 bridgehead atoms. The van der Waals surface area contributed by atoms with Gasteiger partial charge in [-0.05, 0) is 44.0 Å². The number of rotatable bonds is 7. The van der Waals surface area contributed by atoms with Crippen LogP contribution in [0.2, 0.25) is 10.0 Å². The first kappa shape index (κ1) is 21.9. The average Bonchev–Trinajstić information content (AvgIpc) is 2.69. The van der Waals surface area contributed by atoms with Crippen LogP contribution in [0.4, 0.5) is 19.1 Å².